The fraction of sp³-hybridized carbons (Fsp3) is 0.500. The number of pyridine rings is 1. The van der Waals surface area contributed by atoms with Crippen LogP contribution in [-0.2, 0) is 26.0 Å². The van der Waals surface area contributed by atoms with E-state index < -0.39 is 27.7 Å². The fourth-order valence-corrected chi connectivity index (χ4v) is 4.21. The Kier molecular flexibility index (Phi) is 5.12. The molecule has 1 fully saturated rings. The highest BCUT2D eigenvalue weighted by atomic mass is 32.2. The number of carbonyl (C=O) groups excluding carboxylic acids is 2. The Morgan fingerprint density at radius 1 is 1.36 bits per heavy atom. The van der Waals surface area contributed by atoms with Crippen molar-refractivity contribution in [3.63, 3.8) is 0 Å². The van der Waals surface area contributed by atoms with Gasteiger partial charge in [0.25, 0.3) is 0 Å². The van der Waals surface area contributed by atoms with Crippen molar-refractivity contribution in [1.82, 2.24) is 15.2 Å². The van der Waals surface area contributed by atoms with E-state index in [4.69, 9.17) is 0 Å². The molecule has 1 atom stereocenters. The lowest BCUT2D eigenvalue weighted by atomic mass is 10.2. The van der Waals surface area contributed by atoms with Crippen molar-refractivity contribution in [2.75, 3.05) is 18.1 Å². The number of amides is 2. The van der Waals surface area contributed by atoms with E-state index in [0.29, 0.717) is 13.0 Å². The summed E-state index contributed by atoms with van der Waals surface area (Å²) in [5.74, 6) is -1.40. The van der Waals surface area contributed by atoms with Gasteiger partial charge in [0.1, 0.15) is 0 Å². The second kappa shape index (κ2) is 6.87. The number of nitrogens with zero attached hydrogens (tertiary/aromatic N) is 2. The van der Waals surface area contributed by atoms with Crippen LogP contribution in [0.4, 0.5) is 0 Å². The van der Waals surface area contributed by atoms with Crippen LogP contribution in [0.3, 0.4) is 0 Å². The van der Waals surface area contributed by atoms with Gasteiger partial charge in [0.05, 0.1) is 11.5 Å². The van der Waals surface area contributed by atoms with Crippen LogP contribution >= 0.6 is 0 Å². The predicted octanol–water partition coefficient (Wildman–Crippen LogP) is -0.267. The molecule has 0 aromatic carbocycles. The summed E-state index contributed by atoms with van der Waals surface area (Å²) in [5.41, 5.74) is 0.836. The highest BCUT2D eigenvalue weighted by molar-refractivity contribution is 7.91. The molecule has 2 rings (SSSR count). The van der Waals surface area contributed by atoms with Crippen LogP contribution in [0.1, 0.15) is 18.9 Å². The van der Waals surface area contributed by atoms with Crippen molar-refractivity contribution in [2.45, 2.75) is 25.9 Å². The highest BCUT2D eigenvalue weighted by Crippen LogP contribution is 2.17. The average molecular weight is 325 g/mol. The van der Waals surface area contributed by atoms with Gasteiger partial charge in [-0.3, -0.25) is 14.6 Å². The van der Waals surface area contributed by atoms with Crippen LogP contribution in [0.5, 0.6) is 0 Å². The molecule has 0 spiro atoms. The molecule has 1 aliphatic heterocycles. The van der Waals surface area contributed by atoms with Crippen LogP contribution in [0, 0.1) is 0 Å². The maximum Gasteiger partial charge on any atom is 0.312 e. The third-order valence-electron chi connectivity index (χ3n) is 3.65. The number of rotatable bonds is 4. The van der Waals surface area contributed by atoms with E-state index in [2.05, 4.69) is 10.3 Å². The lowest BCUT2D eigenvalue weighted by Gasteiger charge is -2.26. The molecule has 2 amide bonds. The second-order valence-electron chi connectivity index (χ2n) is 5.19. The Morgan fingerprint density at radius 3 is 2.59 bits per heavy atom. The van der Waals surface area contributed by atoms with Gasteiger partial charge < -0.3 is 10.2 Å². The number of hydrogen-bond donors (Lipinski definition) is 1. The molecule has 22 heavy (non-hydrogen) atoms. The number of sulfone groups is 1. The van der Waals surface area contributed by atoms with E-state index >= 15 is 0 Å². The Hall–Kier alpha value is -1.96. The van der Waals surface area contributed by atoms with E-state index in [1.165, 1.54) is 4.90 Å². The molecule has 120 valence electrons. The van der Waals surface area contributed by atoms with Gasteiger partial charge in [-0.1, -0.05) is 0 Å². The summed E-state index contributed by atoms with van der Waals surface area (Å²) in [4.78, 5) is 29.4. The van der Waals surface area contributed by atoms with Gasteiger partial charge in [0.2, 0.25) is 0 Å². The Balaban J connectivity index is 1.95. The second-order valence-corrected chi connectivity index (χ2v) is 7.41. The van der Waals surface area contributed by atoms with E-state index in [9.17, 15) is 18.0 Å². The minimum absolute atomic E-state index is 0.0653. The lowest BCUT2D eigenvalue weighted by Crippen LogP contribution is -2.48. The molecule has 1 aromatic heterocycles. The third-order valence-corrected chi connectivity index (χ3v) is 5.40. The van der Waals surface area contributed by atoms with Crippen LogP contribution in [0.2, 0.25) is 0 Å². The normalized spacial score (nSPS) is 19.6. The minimum atomic E-state index is -3.10. The molecule has 1 N–H and O–H groups in total. The molecule has 0 radical (unpaired) electrons. The molecule has 1 aromatic rings. The van der Waals surface area contributed by atoms with Crippen LogP contribution in [0.25, 0.3) is 0 Å². The van der Waals surface area contributed by atoms with Gasteiger partial charge >= 0.3 is 11.8 Å². The van der Waals surface area contributed by atoms with E-state index in [0.717, 1.165) is 5.56 Å². The standard InChI is InChI=1S/C14H19N3O4S/c1-2-17(12-5-8-22(20,21)10-12)14(19)13(18)16-9-11-3-6-15-7-4-11/h3-4,6-7,12H,2,5,8-10H2,1H3,(H,16,18). The minimum Gasteiger partial charge on any atom is -0.344 e. The van der Waals surface area contributed by atoms with Crippen LogP contribution < -0.4 is 5.32 Å². The first-order valence-electron chi connectivity index (χ1n) is 7.11. The van der Waals surface area contributed by atoms with E-state index in [1.807, 2.05) is 0 Å². The van der Waals surface area contributed by atoms with Crippen molar-refractivity contribution in [3.05, 3.63) is 30.1 Å². The quantitative estimate of drug-likeness (QED) is 0.769. The smallest absolute Gasteiger partial charge is 0.312 e. The number of hydrogen-bond acceptors (Lipinski definition) is 5. The number of nitrogens with one attached hydrogen (secondary N) is 1. The average Bonchev–Trinajstić information content (AvgIpc) is 2.86. The topological polar surface area (TPSA) is 96.4 Å². The maximum atomic E-state index is 12.2. The Labute approximate surface area is 129 Å². The predicted molar refractivity (Wildman–Crippen MR) is 80.5 cm³/mol. The van der Waals surface area contributed by atoms with Crippen molar-refractivity contribution in [2.24, 2.45) is 0 Å². The summed E-state index contributed by atoms with van der Waals surface area (Å²) in [6.45, 7) is 2.27. The van der Waals surface area contributed by atoms with Gasteiger partial charge in [-0.2, -0.15) is 0 Å². The van der Waals surface area contributed by atoms with Crippen molar-refractivity contribution < 1.29 is 18.0 Å². The first-order chi connectivity index (χ1) is 10.4. The first kappa shape index (κ1) is 16.4. The number of carbonyl (C=O) groups is 2. The van der Waals surface area contributed by atoms with Crippen LogP contribution in [-0.4, -0.2) is 54.2 Å². The van der Waals surface area contributed by atoms with E-state index in [-0.39, 0.29) is 18.1 Å². The number of likely N-dealkylation sites (N-methyl/N-ethyl adjacent to an activating group) is 1. The summed E-state index contributed by atoms with van der Waals surface area (Å²) < 4.78 is 23.0. The summed E-state index contributed by atoms with van der Waals surface area (Å²) >= 11 is 0. The molecular formula is C14H19N3O4S. The van der Waals surface area contributed by atoms with Crippen molar-refractivity contribution >= 4 is 21.7 Å². The summed E-state index contributed by atoms with van der Waals surface area (Å²) in [6, 6.07) is 3.08. The maximum absolute atomic E-state index is 12.2. The Morgan fingerprint density at radius 2 is 2.05 bits per heavy atom. The lowest BCUT2D eigenvalue weighted by molar-refractivity contribution is -0.147. The summed E-state index contributed by atoms with van der Waals surface area (Å²) in [7, 11) is -3.10. The largest absolute Gasteiger partial charge is 0.344 e. The molecule has 0 bridgehead atoms. The summed E-state index contributed by atoms with van der Waals surface area (Å²) in [6.07, 6.45) is 3.59. The number of aromatic nitrogens is 1. The molecular weight excluding hydrogens is 306 g/mol. The zero-order valence-electron chi connectivity index (χ0n) is 12.4. The monoisotopic (exact) mass is 325 g/mol. The summed E-state index contributed by atoms with van der Waals surface area (Å²) in [5, 5.41) is 2.55. The fourth-order valence-electron chi connectivity index (χ4n) is 2.48. The van der Waals surface area contributed by atoms with Gasteiger partial charge in [0.15, 0.2) is 9.84 Å². The van der Waals surface area contributed by atoms with Gasteiger partial charge in [0, 0.05) is 31.5 Å². The Bertz CT molecular complexity index is 645. The molecule has 1 unspecified atom stereocenters. The SMILES string of the molecule is CCN(C(=O)C(=O)NCc1ccncc1)C1CCS(=O)(=O)C1. The highest BCUT2D eigenvalue weighted by Gasteiger charge is 2.35. The van der Waals surface area contributed by atoms with Gasteiger partial charge in [-0.15, -0.1) is 0 Å². The molecule has 0 saturated carbocycles. The molecule has 7 nitrogen and oxygen atoms in total. The third kappa shape index (κ3) is 4.03. The zero-order chi connectivity index (χ0) is 16.2. The molecule has 1 saturated heterocycles. The van der Waals surface area contributed by atoms with Gasteiger partial charge in [-0.25, -0.2) is 8.42 Å². The van der Waals surface area contributed by atoms with Crippen molar-refractivity contribution in [3.8, 4) is 0 Å². The van der Waals surface area contributed by atoms with Crippen LogP contribution in [0.15, 0.2) is 24.5 Å². The first-order valence-corrected chi connectivity index (χ1v) is 8.93. The molecule has 8 heteroatoms. The zero-order valence-corrected chi connectivity index (χ0v) is 13.2. The van der Waals surface area contributed by atoms with Crippen molar-refractivity contribution in [1.29, 1.82) is 0 Å². The molecule has 1 aliphatic rings. The van der Waals surface area contributed by atoms with E-state index in [1.54, 1.807) is 31.5 Å². The molecule has 2 heterocycles. The van der Waals surface area contributed by atoms with Gasteiger partial charge in [-0.05, 0) is 31.0 Å². The molecule has 0 aliphatic carbocycles.